The molecule has 0 aromatic rings. The predicted octanol–water partition coefficient (Wildman–Crippen LogP) is 1.34. The van der Waals surface area contributed by atoms with Crippen LogP contribution in [0.4, 0.5) is 0 Å². The summed E-state index contributed by atoms with van der Waals surface area (Å²) in [7, 11) is 2.19. The zero-order valence-corrected chi connectivity index (χ0v) is 6.18. The lowest BCUT2D eigenvalue weighted by Gasteiger charge is -2.49. The van der Waals surface area contributed by atoms with Crippen LogP contribution >= 0.6 is 0 Å². The average molecular weight is 113 g/mol. The first-order valence-electron chi connectivity index (χ1n) is 3.36. The number of hydrogen-bond donors (Lipinski definition) is 0. The first-order valence-corrected chi connectivity index (χ1v) is 3.36. The van der Waals surface area contributed by atoms with Gasteiger partial charge in [-0.3, -0.25) is 0 Å². The highest BCUT2D eigenvalue weighted by Crippen LogP contribution is 2.28. The number of rotatable bonds is 0. The summed E-state index contributed by atoms with van der Waals surface area (Å²) in [5, 5.41) is 0. The minimum Gasteiger partial charge on any atom is -0.300 e. The molecule has 1 saturated heterocycles. The first kappa shape index (κ1) is 6.09. The molecule has 0 aromatic heterocycles. The van der Waals surface area contributed by atoms with Gasteiger partial charge in [-0.1, -0.05) is 6.92 Å². The van der Waals surface area contributed by atoms with E-state index in [1.54, 1.807) is 0 Å². The van der Waals surface area contributed by atoms with Gasteiger partial charge in [-0.25, -0.2) is 0 Å². The maximum atomic E-state index is 2.41. The fourth-order valence-electron chi connectivity index (χ4n) is 1.41. The van der Waals surface area contributed by atoms with E-state index in [9.17, 15) is 0 Å². The molecular weight excluding hydrogens is 98.1 g/mol. The molecule has 0 spiro atoms. The van der Waals surface area contributed by atoms with Gasteiger partial charge in [0.25, 0.3) is 0 Å². The van der Waals surface area contributed by atoms with Crippen LogP contribution in [0.15, 0.2) is 0 Å². The number of hydrogen-bond acceptors (Lipinski definition) is 1. The molecule has 0 aliphatic carbocycles. The summed E-state index contributed by atoms with van der Waals surface area (Å²) in [4.78, 5) is 2.41. The van der Waals surface area contributed by atoms with Gasteiger partial charge in [0, 0.05) is 12.1 Å². The van der Waals surface area contributed by atoms with E-state index < -0.39 is 0 Å². The van der Waals surface area contributed by atoms with Gasteiger partial charge in [0.1, 0.15) is 0 Å². The van der Waals surface area contributed by atoms with Crippen LogP contribution in [-0.4, -0.2) is 24.0 Å². The Bertz CT molecular complexity index is 58.4. The summed E-state index contributed by atoms with van der Waals surface area (Å²) >= 11 is 0. The Morgan fingerprint density at radius 2 is 1.38 bits per heavy atom. The van der Waals surface area contributed by atoms with Crippen LogP contribution in [0.3, 0.4) is 0 Å². The molecule has 1 aliphatic heterocycles. The third-order valence-electron chi connectivity index (χ3n) is 2.81. The summed E-state index contributed by atoms with van der Waals surface area (Å²) in [6.07, 6.45) is 0. The Hall–Kier alpha value is -0.0400. The molecule has 1 heterocycles. The third kappa shape index (κ3) is 0.576. The van der Waals surface area contributed by atoms with E-state index in [-0.39, 0.29) is 0 Å². The maximum Gasteiger partial charge on any atom is 0.0107 e. The second kappa shape index (κ2) is 1.73. The monoisotopic (exact) mass is 113 g/mol. The van der Waals surface area contributed by atoms with Gasteiger partial charge in [0.05, 0.1) is 0 Å². The molecule has 1 nitrogen and oxygen atoms in total. The largest absolute Gasteiger partial charge is 0.300 e. The Kier molecular flexibility index (Phi) is 1.31. The summed E-state index contributed by atoms with van der Waals surface area (Å²) in [6, 6.07) is 1.62. The lowest BCUT2D eigenvalue weighted by Crippen LogP contribution is -2.57. The van der Waals surface area contributed by atoms with E-state index in [2.05, 4.69) is 32.7 Å². The van der Waals surface area contributed by atoms with Crippen molar-refractivity contribution in [2.24, 2.45) is 5.92 Å². The molecule has 1 aliphatic rings. The normalized spacial score (nSPS) is 48.8. The molecule has 48 valence electrons. The van der Waals surface area contributed by atoms with Crippen LogP contribution in [0.1, 0.15) is 20.8 Å². The van der Waals surface area contributed by atoms with E-state index in [0.717, 1.165) is 18.0 Å². The second-order valence-corrected chi connectivity index (χ2v) is 3.01. The highest BCUT2D eigenvalue weighted by molar-refractivity contribution is 4.90. The maximum absolute atomic E-state index is 2.41. The smallest absolute Gasteiger partial charge is 0.0107 e. The SMILES string of the molecule is CC1C(C)N(C)C1C. The van der Waals surface area contributed by atoms with Gasteiger partial charge >= 0.3 is 0 Å². The molecule has 1 heteroatoms. The van der Waals surface area contributed by atoms with Gasteiger partial charge in [-0.2, -0.15) is 0 Å². The first-order chi connectivity index (χ1) is 3.64. The van der Waals surface area contributed by atoms with Crippen LogP contribution in [0.25, 0.3) is 0 Å². The molecule has 0 bridgehead atoms. The molecule has 8 heavy (non-hydrogen) atoms. The van der Waals surface area contributed by atoms with Crippen molar-refractivity contribution >= 4 is 0 Å². The fraction of sp³-hybridized carbons (Fsp3) is 1.00. The molecule has 2 atom stereocenters. The van der Waals surface area contributed by atoms with E-state index >= 15 is 0 Å². The van der Waals surface area contributed by atoms with Crippen molar-refractivity contribution in [3.05, 3.63) is 0 Å². The average Bonchev–Trinajstić information content (AvgIpc) is 1.83. The van der Waals surface area contributed by atoms with Crippen molar-refractivity contribution in [1.29, 1.82) is 0 Å². The van der Waals surface area contributed by atoms with Crippen LogP contribution < -0.4 is 0 Å². The Morgan fingerprint density at radius 1 is 1.00 bits per heavy atom. The summed E-state index contributed by atoms with van der Waals surface area (Å²) < 4.78 is 0. The zero-order chi connectivity index (χ0) is 6.31. The Morgan fingerprint density at radius 3 is 1.50 bits per heavy atom. The van der Waals surface area contributed by atoms with E-state index in [0.29, 0.717) is 0 Å². The van der Waals surface area contributed by atoms with Gasteiger partial charge in [-0.15, -0.1) is 0 Å². The van der Waals surface area contributed by atoms with Gasteiger partial charge in [-0.05, 0) is 26.8 Å². The molecule has 0 aromatic carbocycles. The Labute approximate surface area is 51.7 Å². The van der Waals surface area contributed by atoms with Gasteiger partial charge in [0.15, 0.2) is 0 Å². The standard InChI is InChI=1S/C7H15N/c1-5-6(2)8(4)7(5)3/h5-7H,1-4H3. The van der Waals surface area contributed by atoms with Crippen molar-refractivity contribution < 1.29 is 0 Å². The Balaban J connectivity index is 2.42. The van der Waals surface area contributed by atoms with Crippen molar-refractivity contribution in [2.75, 3.05) is 7.05 Å². The quantitative estimate of drug-likeness (QED) is 0.458. The summed E-state index contributed by atoms with van der Waals surface area (Å²) in [6.45, 7) is 6.88. The molecule has 1 fully saturated rings. The highest BCUT2D eigenvalue weighted by atomic mass is 15.2. The van der Waals surface area contributed by atoms with Crippen LogP contribution in [0, 0.1) is 5.92 Å². The van der Waals surface area contributed by atoms with E-state index in [4.69, 9.17) is 0 Å². The van der Waals surface area contributed by atoms with E-state index in [1.165, 1.54) is 0 Å². The van der Waals surface area contributed by atoms with Crippen LogP contribution in [-0.2, 0) is 0 Å². The fourth-order valence-corrected chi connectivity index (χ4v) is 1.41. The van der Waals surface area contributed by atoms with Crippen LogP contribution in [0.2, 0.25) is 0 Å². The molecule has 0 saturated carbocycles. The topological polar surface area (TPSA) is 3.24 Å². The zero-order valence-electron chi connectivity index (χ0n) is 6.18. The molecule has 0 amide bonds. The van der Waals surface area contributed by atoms with Crippen LogP contribution in [0.5, 0.6) is 0 Å². The summed E-state index contributed by atoms with van der Waals surface area (Å²) in [5.41, 5.74) is 0. The predicted molar refractivity (Wildman–Crippen MR) is 35.9 cm³/mol. The van der Waals surface area contributed by atoms with Crippen molar-refractivity contribution in [1.82, 2.24) is 4.90 Å². The number of likely N-dealkylation sites (tertiary alicyclic amines) is 1. The molecule has 0 N–H and O–H groups in total. The van der Waals surface area contributed by atoms with E-state index in [1.807, 2.05) is 0 Å². The second-order valence-electron chi connectivity index (χ2n) is 3.01. The van der Waals surface area contributed by atoms with Gasteiger partial charge < -0.3 is 4.90 Å². The minimum atomic E-state index is 0.810. The molecular formula is C7H15N. The minimum absolute atomic E-state index is 0.810. The van der Waals surface area contributed by atoms with Crippen molar-refractivity contribution in [3.63, 3.8) is 0 Å². The van der Waals surface area contributed by atoms with Gasteiger partial charge in [0.2, 0.25) is 0 Å². The van der Waals surface area contributed by atoms with Crippen molar-refractivity contribution in [3.8, 4) is 0 Å². The molecule has 0 radical (unpaired) electrons. The summed E-state index contributed by atoms with van der Waals surface area (Å²) in [5.74, 6) is 0.903. The molecule has 1 rings (SSSR count). The molecule has 2 unspecified atom stereocenters. The number of nitrogens with zero attached hydrogens (tertiary/aromatic N) is 1. The highest BCUT2D eigenvalue weighted by Gasteiger charge is 2.35. The van der Waals surface area contributed by atoms with Crippen molar-refractivity contribution in [2.45, 2.75) is 32.9 Å². The lowest BCUT2D eigenvalue weighted by molar-refractivity contribution is -0.00127. The third-order valence-corrected chi connectivity index (χ3v) is 2.81. The lowest BCUT2D eigenvalue weighted by atomic mass is 9.84.